The Morgan fingerprint density at radius 1 is 1.16 bits per heavy atom. The normalized spacial score (nSPS) is 30.6. The molecule has 4 rings (SSSR count). The predicted molar refractivity (Wildman–Crippen MR) is 93.7 cm³/mol. The molecule has 1 aromatic carbocycles. The molecule has 1 aromatic rings. The molecule has 0 saturated carbocycles. The summed E-state index contributed by atoms with van der Waals surface area (Å²) in [7, 11) is 2.43. The van der Waals surface area contributed by atoms with E-state index in [0.717, 1.165) is 12.5 Å². The van der Waals surface area contributed by atoms with E-state index in [2.05, 4.69) is 7.05 Å². The van der Waals surface area contributed by atoms with Gasteiger partial charge in [0.2, 0.25) is 6.79 Å². The number of esters is 1. The van der Waals surface area contributed by atoms with E-state index in [-0.39, 0.29) is 12.8 Å². The molecule has 0 N–H and O–H groups in total. The molecule has 25 heavy (non-hydrogen) atoms. The van der Waals surface area contributed by atoms with Gasteiger partial charge in [0, 0.05) is 5.92 Å². The van der Waals surface area contributed by atoms with Gasteiger partial charge in [-0.1, -0.05) is 0 Å². The first-order chi connectivity index (χ1) is 12.2. The Morgan fingerprint density at radius 3 is 2.92 bits per heavy atom. The Kier molecular flexibility index (Phi) is 4.59. The summed E-state index contributed by atoms with van der Waals surface area (Å²) in [6, 6.07) is 5.98. The third kappa shape index (κ3) is 3.34. The first kappa shape index (κ1) is 16.7. The van der Waals surface area contributed by atoms with Crippen molar-refractivity contribution in [2.45, 2.75) is 44.6 Å². The number of ether oxygens (including phenoxy) is 3. The van der Waals surface area contributed by atoms with Gasteiger partial charge in [-0.05, 0) is 56.7 Å². The standard InChI is InChI=1S/C20H28NO4/c1-21-10-3-2-6-17(21)15(5-4-11-21)9-12-23-20(22)16-7-8-18-19(13-16)25-14-24-18/h7-8,13,15,17H,2-6,9-12,14H2,1H3/q+1/t15-,17+,21+/m0/s1. The van der Waals surface area contributed by atoms with Crippen molar-refractivity contribution in [2.75, 3.05) is 33.5 Å². The quantitative estimate of drug-likeness (QED) is 0.619. The van der Waals surface area contributed by atoms with Gasteiger partial charge in [0.15, 0.2) is 11.5 Å². The summed E-state index contributed by atoms with van der Waals surface area (Å²) in [6.07, 6.45) is 7.60. The molecule has 2 fully saturated rings. The maximum absolute atomic E-state index is 12.3. The lowest BCUT2D eigenvalue weighted by atomic mass is 9.80. The highest BCUT2D eigenvalue weighted by Crippen LogP contribution is 2.37. The van der Waals surface area contributed by atoms with Crippen LogP contribution < -0.4 is 9.47 Å². The molecule has 3 aliphatic rings. The van der Waals surface area contributed by atoms with Crippen molar-refractivity contribution in [2.24, 2.45) is 5.92 Å². The van der Waals surface area contributed by atoms with Crippen LogP contribution in [0.1, 0.15) is 48.9 Å². The number of hydrogen-bond donors (Lipinski definition) is 0. The predicted octanol–water partition coefficient (Wildman–Crippen LogP) is 3.37. The summed E-state index contributed by atoms with van der Waals surface area (Å²) in [5.41, 5.74) is 0.534. The van der Waals surface area contributed by atoms with Crippen LogP contribution in [0.3, 0.4) is 0 Å². The van der Waals surface area contributed by atoms with Crippen molar-refractivity contribution in [3.63, 3.8) is 0 Å². The lowest BCUT2D eigenvalue weighted by Gasteiger charge is -2.51. The largest absolute Gasteiger partial charge is 0.462 e. The van der Waals surface area contributed by atoms with Crippen LogP contribution >= 0.6 is 0 Å². The Hall–Kier alpha value is -1.75. The van der Waals surface area contributed by atoms with E-state index in [9.17, 15) is 4.79 Å². The van der Waals surface area contributed by atoms with Crippen LogP contribution in [0.5, 0.6) is 11.5 Å². The number of piperidine rings is 2. The summed E-state index contributed by atoms with van der Waals surface area (Å²) < 4.78 is 17.4. The second-order valence-corrected chi connectivity index (χ2v) is 7.88. The maximum atomic E-state index is 12.3. The summed E-state index contributed by atoms with van der Waals surface area (Å²) in [4.78, 5) is 12.3. The first-order valence-electron chi connectivity index (χ1n) is 9.57. The van der Waals surface area contributed by atoms with Crippen molar-refractivity contribution in [3.05, 3.63) is 23.8 Å². The fourth-order valence-corrected chi connectivity index (χ4v) is 4.98. The summed E-state index contributed by atoms with van der Waals surface area (Å²) in [6.45, 7) is 3.36. The molecule has 3 atom stereocenters. The Morgan fingerprint density at radius 2 is 2.00 bits per heavy atom. The molecule has 0 bridgehead atoms. The molecule has 0 aromatic heterocycles. The van der Waals surface area contributed by atoms with Crippen molar-refractivity contribution in [1.82, 2.24) is 0 Å². The van der Waals surface area contributed by atoms with E-state index in [1.54, 1.807) is 18.2 Å². The molecule has 0 unspecified atom stereocenters. The lowest BCUT2D eigenvalue weighted by Crippen LogP contribution is -2.60. The van der Waals surface area contributed by atoms with E-state index in [1.165, 1.54) is 49.7 Å². The molecule has 136 valence electrons. The minimum atomic E-state index is -0.269. The summed E-state index contributed by atoms with van der Waals surface area (Å²) in [5.74, 6) is 1.73. The zero-order chi connectivity index (χ0) is 17.3. The number of carbonyl (C=O) groups is 1. The highest BCUT2D eigenvalue weighted by Gasteiger charge is 2.43. The Bertz CT molecular complexity index is 643. The molecule has 5 heteroatoms. The number of benzene rings is 1. The van der Waals surface area contributed by atoms with Crippen molar-refractivity contribution >= 4 is 5.97 Å². The minimum absolute atomic E-state index is 0.216. The van der Waals surface area contributed by atoms with Gasteiger partial charge in [-0.2, -0.15) is 0 Å². The highest BCUT2D eigenvalue weighted by molar-refractivity contribution is 5.90. The second-order valence-electron chi connectivity index (χ2n) is 7.88. The molecule has 0 aliphatic carbocycles. The topological polar surface area (TPSA) is 44.8 Å². The number of rotatable bonds is 4. The number of carbonyl (C=O) groups excluding carboxylic acids is 1. The van der Waals surface area contributed by atoms with Crippen LogP contribution in [-0.2, 0) is 4.74 Å². The second kappa shape index (κ2) is 6.87. The van der Waals surface area contributed by atoms with Gasteiger partial charge in [0.1, 0.15) is 0 Å². The monoisotopic (exact) mass is 346 g/mol. The highest BCUT2D eigenvalue weighted by atomic mass is 16.7. The molecule has 3 aliphatic heterocycles. The fraction of sp³-hybridized carbons (Fsp3) is 0.650. The minimum Gasteiger partial charge on any atom is -0.462 e. The fourth-order valence-electron chi connectivity index (χ4n) is 4.98. The first-order valence-corrected chi connectivity index (χ1v) is 9.57. The molecular formula is C20H28NO4+. The van der Waals surface area contributed by atoms with Crippen LogP contribution in [0.2, 0.25) is 0 Å². The molecular weight excluding hydrogens is 318 g/mol. The van der Waals surface area contributed by atoms with Gasteiger partial charge in [-0.3, -0.25) is 0 Å². The third-order valence-electron chi connectivity index (χ3n) is 6.34. The number of fused-ring (bicyclic) bond motifs is 2. The van der Waals surface area contributed by atoms with Crippen LogP contribution in [0.15, 0.2) is 18.2 Å². The molecule has 0 amide bonds. The molecule has 0 radical (unpaired) electrons. The van der Waals surface area contributed by atoms with Gasteiger partial charge < -0.3 is 18.7 Å². The van der Waals surface area contributed by atoms with Crippen molar-refractivity contribution in [3.8, 4) is 11.5 Å². The van der Waals surface area contributed by atoms with E-state index >= 15 is 0 Å². The lowest BCUT2D eigenvalue weighted by molar-refractivity contribution is -0.947. The van der Waals surface area contributed by atoms with E-state index in [0.29, 0.717) is 29.6 Å². The maximum Gasteiger partial charge on any atom is 0.338 e. The smallest absolute Gasteiger partial charge is 0.338 e. The van der Waals surface area contributed by atoms with Crippen molar-refractivity contribution < 1.29 is 23.5 Å². The Balaban J connectivity index is 1.32. The van der Waals surface area contributed by atoms with Crippen molar-refractivity contribution in [1.29, 1.82) is 0 Å². The van der Waals surface area contributed by atoms with Gasteiger partial charge in [-0.25, -0.2) is 4.79 Å². The number of nitrogens with zero attached hydrogens (tertiary/aromatic N) is 1. The zero-order valence-electron chi connectivity index (χ0n) is 15.0. The summed E-state index contributed by atoms with van der Waals surface area (Å²) >= 11 is 0. The molecule has 2 saturated heterocycles. The zero-order valence-corrected chi connectivity index (χ0v) is 15.0. The molecule has 5 nitrogen and oxygen atoms in total. The third-order valence-corrected chi connectivity index (χ3v) is 6.34. The van der Waals surface area contributed by atoms with E-state index in [1.807, 2.05) is 0 Å². The Labute approximate surface area is 149 Å². The molecule has 0 spiro atoms. The SMILES string of the molecule is C[N@+]12CCCC[C@@H]1[C@H](CCOC(=O)c1ccc3c(c1)OCO3)CCC2. The van der Waals surface area contributed by atoms with Crippen LogP contribution in [0, 0.1) is 5.92 Å². The number of hydrogen-bond acceptors (Lipinski definition) is 4. The van der Waals surface area contributed by atoms with Gasteiger partial charge >= 0.3 is 5.97 Å². The molecule has 3 heterocycles. The van der Waals surface area contributed by atoms with Gasteiger partial charge in [0.05, 0.1) is 38.3 Å². The van der Waals surface area contributed by atoms with Gasteiger partial charge in [-0.15, -0.1) is 0 Å². The average molecular weight is 346 g/mol. The van der Waals surface area contributed by atoms with E-state index < -0.39 is 0 Å². The summed E-state index contributed by atoms with van der Waals surface area (Å²) in [5, 5.41) is 0. The van der Waals surface area contributed by atoms with E-state index in [4.69, 9.17) is 14.2 Å². The van der Waals surface area contributed by atoms with Crippen LogP contribution in [0.25, 0.3) is 0 Å². The van der Waals surface area contributed by atoms with Crippen LogP contribution in [0.4, 0.5) is 0 Å². The number of quaternary nitrogens is 1. The van der Waals surface area contributed by atoms with Gasteiger partial charge in [0.25, 0.3) is 0 Å². The average Bonchev–Trinajstić information content (AvgIpc) is 3.09. The van der Waals surface area contributed by atoms with Crippen LogP contribution in [-0.4, -0.2) is 50.0 Å².